The summed E-state index contributed by atoms with van der Waals surface area (Å²) in [5.74, 6) is -1.52. The zero-order chi connectivity index (χ0) is 9.97. The molecule has 0 amide bonds. The minimum atomic E-state index is -0.780. The summed E-state index contributed by atoms with van der Waals surface area (Å²) in [5, 5.41) is 0. The first kappa shape index (κ1) is 9.13. The zero-order valence-electron chi connectivity index (χ0n) is 7.63. The number of allylic oxidation sites excluding steroid dienone is 4. The smallest absolute Gasteiger partial charge is 0.166 e. The van der Waals surface area contributed by atoms with Crippen LogP contribution in [0.5, 0.6) is 0 Å². The van der Waals surface area contributed by atoms with Crippen LogP contribution in [0.15, 0.2) is 36.4 Å². The van der Waals surface area contributed by atoms with Crippen LogP contribution in [0.2, 0.25) is 0 Å². The molecule has 0 bridgehead atoms. The van der Waals surface area contributed by atoms with Crippen molar-refractivity contribution in [1.29, 1.82) is 0 Å². The molecule has 0 unspecified atom stereocenters. The normalized spacial score (nSPS) is 15.4. The van der Waals surface area contributed by atoms with E-state index in [-0.39, 0.29) is 0 Å². The second kappa shape index (κ2) is 3.74. The number of hydrogen-bond acceptors (Lipinski definition) is 0. The largest absolute Gasteiger partial charge is 0.204 e. The van der Waals surface area contributed by atoms with Gasteiger partial charge in [-0.3, -0.25) is 0 Å². The van der Waals surface area contributed by atoms with Crippen LogP contribution in [-0.4, -0.2) is 0 Å². The molecule has 0 fully saturated rings. The van der Waals surface area contributed by atoms with E-state index in [1.807, 2.05) is 18.2 Å². The fraction of sp³-hybridized carbons (Fsp3) is 0.167. The fourth-order valence-corrected chi connectivity index (χ4v) is 1.58. The van der Waals surface area contributed by atoms with E-state index in [0.717, 1.165) is 24.5 Å². The van der Waals surface area contributed by atoms with Gasteiger partial charge in [0.05, 0.1) is 0 Å². The predicted octanol–water partition coefficient (Wildman–Crippen LogP) is 3.70. The Morgan fingerprint density at radius 2 is 2.00 bits per heavy atom. The summed E-state index contributed by atoms with van der Waals surface area (Å²) in [6.45, 7) is 0. The molecule has 0 spiro atoms. The van der Waals surface area contributed by atoms with Gasteiger partial charge in [-0.2, -0.15) is 0 Å². The highest BCUT2D eigenvalue weighted by Crippen LogP contribution is 2.26. The molecule has 1 aromatic carbocycles. The highest BCUT2D eigenvalue weighted by Gasteiger charge is 2.11. The van der Waals surface area contributed by atoms with Crippen molar-refractivity contribution in [2.45, 2.75) is 12.8 Å². The summed E-state index contributed by atoms with van der Waals surface area (Å²) in [6, 6.07) is 4.29. The Bertz CT molecular complexity index is 403. The Balaban J connectivity index is 2.45. The molecule has 1 aliphatic carbocycles. The molecule has 0 aliphatic heterocycles. The molecule has 72 valence electrons. The molecular formula is C12H10F2. The summed E-state index contributed by atoms with van der Waals surface area (Å²) in [7, 11) is 0. The molecule has 1 aromatic rings. The van der Waals surface area contributed by atoms with E-state index in [1.165, 1.54) is 6.07 Å². The molecular weight excluding hydrogens is 182 g/mol. The van der Waals surface area contributed by atoms with Gasteiger partial charge in [-0.05, 0) is 24.5 Å². The molecule has 0 N–H and O–H groups in total. The van der Waals surface area contributed by atoms with Crippen molar-refractivity contribution in [2.75, 3.05) is 0 Å². The zero-order valence-corrected chi connectivity index (χ0v) is 7.63. The van der Waals surface area contributed by atoms with Gasteiger partial charge in [0.2, 0.25) is 0 Å². The van der Waals surface area contributed by atoms with E-state index in [2.05, 4.69) is 0 Å². The van der Waals surface area contributed by atoms with Crippen molar-refractivity contribution in [3.8, 4) is 0 Å². The molecule has 0 saturated heterocycles. The Morgan fingerprint density at radius 1 is 1.14 bits per heavy atom. The van der Waals surface area contributed by atoms with E-state index in [9.17, 15) is 8.78 Å². The van der Waals surface area contributed by atoms with E-state index in [1.54, 1.807) is 6.07 Å². The van der Waals surface area contributed by atoms with E-state index in [0.29, 0.717) is 5.56 Å². The summed E-state index contributed by atoms with van der Waals surface area (Å²) >= 11 is 0. The molecule has 0 radical (unpaired) electrons. The second-order valence-electron chi connectivity index (χ2n) is 3.26. The average molecular weight is 192 g/mol. The summed E-state index contributed by atoms with van der Waals surface area (Å²) in [6.07, 6.45) is 7.39. The second-order valence-corrected chi connectivity index (χ2v) is 3.26. The molecule has 0 atom stereocenters. The topological polar surface area (TPSA) is 0 Å². The van der Waals surface area contributed by atoms with Crippen molar-refractivity contribution in [2.24, 2.45) is 0 Å². The van der Waals surface area contributed by atoms with E-state index >= 15 is 0 Å². The van der Waals surface area contributed by atoms with E-state index < -0.39 is 11.6 Å². The summed E-state index contributed by atoms with van der Waals surface area (Å²) < 4.78 is 26.3. The van der Waals surface area contributed by atoms with Gasteiger partial charge in [-0.15, -0.1) is 0 Å². The Kier molecular flexibility index (Phi) is 2.44. The van der Waals surface area contributed by atoms with Gasteiger partial charge in [0.25, 0.3) is 0 Å². The first-order valence-electron chi connectivity index (χ1n) is 4.59. The summed E-state index contributed by atoms with van der Waals surface area (Å²) in [4.78, 5) is 0. The molecule has 0 saturated carbocycles. The van der Waals surface area contributed by atoms with Crippen LogP contribution in [0.1, 0.15) is 18.4 Å². The number of halogens is 2. The van der Waals surface area contributed by atoms with Crippen LogP contribution in [0.25, 0.3) is 5.57 Å². The van der Waals surface area contributed by atoms with Gasteiger partial charge in [-0.25, -0.2) is 8.78 Å². The standard InChI is InChI=1S/C12H10F2/c13-11-8-4-7-10(12(11)14)9-5-2-1-3-6-9/h1-2,4-5,7-8H,3,6H2. The maximum Gasteiger partial charge on any atom is 0.166 e. The molecule has 0 heterocycles. The maximum atomic E-state index is 13.3. The lowest BCUT2D eigenvalue weighted by molar-refractivity contribution is 0.506. The van der Waals surface area contributed by atoms with Crippen molar-refractivity contribution in [3.05, 3.63) is 53.6 Å². The maximum absolute atomic E-state index is 13.3. The third kappa shape index (κ3) is 1.60. The van der Waals surface area contributed by atoms with Crippen LogP contribution >= 0.6 is 0 Å². The van der Waals surface area contributed by atoms with E-state index in [4.69, 9.17) is 0 Å². The van der Waals surface area contributed by atoms with Gasteiger partial charge in [0, 0.05) is 5.56 Å². The molecule has 2 heteroatoms. The lowest BCUT2D eigenvalue weighted by atomic mass is 9.97. The number of benzene rings is 1. The monoisotopic (exact) mass is 192 g/mol. The third-order valence-corrected chi connectivity index (χ3v) is 2.31. The highest BCUT2D eigenvalue weighted by molar-refractivity contribution is 5.68. The summed E-state index contributed by atoms with van der Waals surface area (Å²) in [5.41, 5.74) is 1.25. The Hall–Kier alpha value is -1.44. The number of hydrogen-bond donors (Lipinski definition) is 0. The third-order valence-electron chi connectivity index (χ3n) is 2.31. The average Bonchev–Trinajstić information content (AvgIpc) is 2.23. The predicted molar refractivity (Wildman–Crippen MR) is 52.7 cm³/mol. The number of rotatable bonds is 1. The van der Waals surface area contributed by atoms with Crippen LogP contribution in [-0.2, 0) is 0 Å². The first-order valence-corrected chi connectivity index (χ1v) is 4.59. The van der Waals surface area contributed by atoms with Gasteiger partial charge in [-0.1, -0.05) is 30.4 Å². The minimum absolute atomic E-state index is 0.384. The van der Waals surface area contributed by atoms with Crippen molar-refractivity contribution >= 4 is 5.57 Å². The molecule has 0 nitrogen and oxygen atoms in total. The quantitative estimate of drug-likeness (QED) is 0.636. The SMILES string of the molecule is Fc1cccc(C2=CC=CCC2)c1F. The van der Waals surface area contributed by atoms with Gasteiger partial charge in [0.15, 0.2) is 11.6 Å². The van der Waals surface area contributed by atoms with Gasteiger partial charge in [0.1, 0.15) is 0 Å². The molecule has 14 heavy (non-hydrogen) atoms. The lowest BCUT2D eigenvalue weighted by Gasteiger charge is -2.10. The van der Waals surface area contributed by atoms with Gasteiger partial charge >= 0.3 is 0 Å². The molecule has 2 rings (SSSR count). The van der Waals surface area contributed by atoms with Crippen LogP contribution in [0.3, 0.4) is 0 Å². The van der Waals surface area contributed by atoms with Crippen LogP contribution < -0.4 is 0 Å². The Morgan fingerprint density at radius 3 is 2.71 bits per heavy atom. The van der Waals surface area contributed by atoms with Crippen LogP contribution in [0.4, 0.5) is 8.78 Å². The van der Waals surface area contributed by atoms with Gasteiger partial charge < -0.3 is 0 Å². The van der Waals surface area contributed by atoms with Crippen molar-refractivity contribution in [1.82, 2.24) is 0 Å². The first-order chi connectivity index (χ1) is 6.79. The highest BCUT2D eigenvalue weighted by atomic mass is 19.2. The Labute approximate surface area is 81.6 Å². The molecule has 1 aliphatic rings. The van der Waals surface area contributed by atoms with Crippen molar-refractivity contribution in [3.63, 3.8) is 0 Å². The fourth-order valence-electron chi connectivity index (χ4n) is 1.58. The molecule has 0 aromatic heterocycles. The van der Waals surface area contributed by atoms with Crippen LogP contribution in [0, 0.1) is 11.6 Å². The van der Waals surface area contributed by atoms with Crippen molar-refractivity contribution < 1.29 is 8.78 Å². The minimum Gasteiger partial charge on any atom is -0.204 e. The lowest BCUT2D eigenvalue weighted by Crippen LogP contribution is -1.95.